The van der Waals surface area contributed by atoms with Crippen LogP contribution in [0.5, 0.6) is 0 Å². The zero-order valence-electron chi connectivity index (χ0n) is 7.17. The molecule has 1 aliphatic heterocycles. The Balaban J connectivity index is 2.68. The Morgan fingerprint density at radius 1 is 1.58 bits per heavy atom. The van der Waals surface area contributed by atoms with E-state index in [-0.39, 0.29) is 5.41 Å². The van der Waals surface area contributed by atoms with E-state index in [2.05, 4.69) is 6.58 Å². The summed E-state index contributed by atoms with van der Waals surface area (Å²) in [5.41, 5.74) is 0.682. The van der Waals surface area contributed by atoms with E-state index in [0.29, 0.717) is 13.2 Å². The predicted molar refractivity (Wildman–Crippen MR) is 48.3 cm³/mol. The zero-order valence-corrected chi connectivity index (χ0v) is 8.82. The van der Waals surface area contributed by atoms with E-state index < -0.39 is 6.95 Å². The maximum atomic E-state index is 11.0. The summed E-state index contributed by atoms with van der Waals surface area (Å²) in [5.74, 6) is 0. The lowest BCUT2D eigenvalue weighted by Gasteiger charge is -2.34. The fourth-order valence-corrected chi connectivity index (χ4v) is 2.01. The standard InChI is InChI=1S/C7H12ClO3P/c1-6(2)7(3)4-10-12(8,9)11-5-7/h1,4-5H2,2-3H3. The molecule has 1 fully saturated rings. The molecule has 0 aliphatic carbocycles. The van der Waals surface area contributed by atoms with Crippen molar-refractivity contribution < 1.29 is 13.6 Å². The Bertz CT molecular complexity index is 239. The van der Waals surface area contributed by atoms with Crippen molar-refractivity contribution in [2.45, 2.75) is 13.8 Å². The van der Waals surface area contributed by atoms with Crippen LogP contribution in [0.25, 0.3) is 0 Å². The molecule has 0 aromatic rings. The largest absolute Gasteiger partial charge is 0.424 e. The summed E-state index contributed by atoms with van der Waals surface area (Å²) in [7, 11) is 0. The van der Waals surface area contributed by atoms with Gasteiger partial charge in [0.1, 0.15) is 0 Å². The van der Waals surface area contributed by atoms with Gasteiger partial charge in [0.15, 0.2) is 0 Å². The van der Waals surface area contributed by atoms with Crippen molar-refractivity contribution in [3.05, 3.63) is 12.2 Å². The second-order valence-corrected chi connectivity index (χ2v) is 5.94. The van der Waals surface area contributed by atoms with Gasteiger partial charge in [0.05, 0.1) is 13.2 Å². The third-order valence-electron chi connectivity index (χ3n) is 2.10. The van der Waals surface area contributed by atoms with Crippen LogP contribution in [0.15, 0.2) is 12.2 Å². The molecule has 0 unspecified atom stereocenters. The molecule has 0 amide bonds. The summed E-state index contributed by atoms with van der Waals surface area (Å²) in [4.78, 5) is 0. The molecular formula is C7H12ClO3P. The van der Waals surface area contributed by atoms with Crippen LogP contribution in [0.1, 0.15) is 13.8 Å². The van der Waals surface area contributed by atoms with Crippen LogP contribution in [0.2, 0.25) is 0 Å². The van der Waals surface area contributed by atoms with Gasteiger partial charge in [-0.25, -0.2) is 4.57 Å². The van der Waals surface area contributed by atoms with Crippen molar-refractivity contribution in [2.24, 2.45) is 5.41 Å². The lowest BCUT2D eigenvalue weighted by molar-refractivity contribution is 0.0609. The average molecular weight is 211 g/mol. The molecule has 0 aromatic carbocycles. The second-order valence-electron chi connectivity index (χ2n) is 3.32. The fourth-order valence-electron chi connectivity index (χ4n) is 0.764. The Labute approximate surface area is 77.0 Å². The van der Waals surface area contributed by atoms with Crippen LogP contribution in [0.3, 0.4) is 0 Å². The molecule has 0 saturated carbocycles. The molecule has 0 spiro atoms. The van der Waals surface area contributed by atoms with E-state index in [1.54, 1.807) is 0 Å². The van der Waals surface area contributed by atoms with E-state index in [9.17, 15) is 4.57 Å². The Morgan fingerprint density at radius 2 is 2.00 bits per heavy atom. The molecule has 0 radical (unpaired) electrons. The van der Waals surface area contributed by atoms with Crippen LogP contribution in [0.4, 0.5) is 0 Å². The van der Waals surface area contributed by atoms with Gasteiger partial charge in [-0.05, 0) is 6.92 Å². The molecule has 5 heteroatoms. The van der Waals surface area contributed by atoms with Crippen molar-refractivity contribution in [3.63, 3.8) is 0 Å². The Morgan fingerprint density at radius 3 is 2.33 bits per heavy atom. The first-order chi connectivity index (χ1) is 5.36. The molecule has 1 heterocycles. The summed E-state index contributed by atoms with van der Waals surface area (Å²) in [6.07, 6.45) is 0. The van der Waals surface area contributed by atoms with E-state index in [1.165, 1.54) is 0 Å². The van der Waals surface area contributed by atoms with Gasteiger partial charge in [-0.1, -0.05) is 19.1 Å². The van der Waals surface area contributed by atoms with E-state index in [0.717, 1.165) is 5.57 Å². The predicted octanol–water partition coefficient (Wildman–Crippen LogP) is 2.96. The number of hydrogen-bond donors (Lipinski definition) is 0. The Kier molecular flexibility index (Phi) is 2.69. The lowest BCUT2D eigenvalue weighted by Crippen LogP contribution is -2.32. The van der Waals surface area contributed by atoms with Crippen molar-refractivity contribution in [1.82, 2.24) is 0 Å². The van der Waals surface area contributed by atoms with Crippen LogP contribution in [-0.4, -0.2) is 13.2 Å². The summed E-state index contributed by atoms with van der Waals surface area (Å²) < 4.78 is 20.8. The molecule has 70 valence electrons. The molecule has 0 aromatic heterocycles. The van der Waals surface area contributed by atoms with Gasteiger partial charge in [0.25, 0.3) is 0 Å². The average Bonchev–Trinajstić information content (AvgIpc) is 1.96. The number of halogens is 1. The molecule has 0 atom stereocenters. The second kappa shape index (κ2) is 3.15. The molecular weight excluding hydrogens is 199 g/mol. The number of rotatable bonds is 1. The molecule has 0 bridgehead atoms. The van der Waals surface area contributed by atoms with E-state index in [1.807, 2.05) is 13.8 Å². The van der Waals surface area contributed by atoms with Gasteiger partial charge in [0, 0.05) is 16.7 Å². The molecule has 0 N–H and O–H groups in total. The molecule has 12 heavy (non-hydrogen) atoms. The third-order valence-corrected chi connectivity index (χ3v) is 3.57. The molecule has 1 saturated heterocycles. The highest BCUT2D eigenvalue weighted by atomic mass is 35.7. The monoisotopic (exact) mass is 210 g/mol. The normalized spacial score (nSPS) is 42.6. The minimum absolute atomic E-state index is 0.261. The van der Waals surface area contributed by atoms with E-state index >= 15 is 0 Å². The van der Waals surface area contributed by atoms with Gasteiger partial charge >= 0.3 is 6.95 Å². The summed E-state index contributed by atoms with van der Waals surface area (Å²) in [6.45, 7) is 4.97. The van der Waals surface area contributed by atoms with Crippen LogP contribution in [0, 0.1) is 5.41 Å². The summed E-state index contributed by atoms with van der Waals surface area (Å²) >= 11 is 5.39. The lowest BCUT2D eigenvalue weighted by atomic mass is 9.86. The van der Waals surface area contributed by atoms with Gasteiger partial charge in [-0.2, -0.15) is 0 Å². The fraction of sp³-hybridized carbons (Fsp3) is 0.714. The first-order valence-electron chi connectivity index (χ1n) is 3.60. The maximum absolute atomic E-state index is 11.0. The SMILES string of the molecule is C=C(C)C1(C)COP(=O)(Cl)OC1. The topological polar surface area (TPSA) is 35.5 Å². The van der Waals surface area contributed by atoms with Gasteiger partial charge in [-0.15, -0.1) is 0 Å². The highest BCUT2D eigenvalue weighted by molar-refractivity contribution is 7.81. The minimum atomic E-state index is -3.28. The quantitative estimate of drug-likeness (QED) is 0.493. The van der Waals surface area contributed by atoms with Gasteiger partial charge in [0.2, 0.25) is 0 Å². The van der Waals surface area contributed by atoms with Crippen molar-refractivity contribution >= 4 is 18.2 Å². The number of hydrogen-bond acceptors (Lipinski definition) is 3. The van der Waals surface area contributed by atoms with Crippen LogP contribution < -0.4 is 0 Å². The first kappa shape index (κ1) is 10.3. The minimum Gasteiger partial charge on any atom is -0.296 e. The molecule has 1 aliphatic rings. The molecule has 1 rings (SSSR count). The van der Waals surface area contributed by atoms with Crippen LogP contribution in [-0.2, 0) is 13.6 Å². The third kappa shape index (κ3) is 2.11. The highest BCUT2D eigenvalue weighted by Crippen LogP contribution is 2.58. The summed E-state index contributed by atoms with van der Waals surface area (Å²) in [6, 6.07) is 0. The molecule has 3 nitrogen and oxygen atoms in total. The first-order valence-corrected chi connectivity index (χ1v) is 6.05. The van der Waals surface area contributed by atoms with Crippen LogP contribution >= 0.6 is 18.2 Å². The van der Waals surface area contributed by atoms with Crippen molar-refractivity contribution in [1.29, 1.82) is 0 Å². The van der Waals surface area contributed by atoms with Gasteiger partial charge in [-0.3, -0.25) is 9.05 Å². The maximum Gasteiger partial charge on any atom is 0.424 e. The summed E-state index contributed by atoms with van der Waals surface area (Å²) in [5, 5.41) is 0. The van der Waals surface area contributed by atoms with Gasteiger partial charge < -0.3 is 0 Å². The van der Waals surface area contributed by atoms with Crippen molar-refractivity contribution in [2.75, 3.05) is 13.2 Å². The smallest absolute Gasteiger partial charge is 0.296 e. The van der Waals surface area contributed by atoms with E-state index in [4.69, 9.17) is 20.3 Å². The van der Waals surface area contributed by atoms with Crippen molar-refractivity contribution in [3.8, 4) is 0 Å². The Hall–Kier alpha value is 0.180. The highest BCUT2D eigenvalue weighted by Gasteiger charge is 2.38. The zero-order chi connectivity index (χ0) is 9.41.